The van der Waals surface area contributed by atoms with Gasteiger partial charge in [0.05, 0.1) is 0 Å². The zero-order valence-corrected chi connectivity index (χ0v) is 7.88. The standard InChI is InChI=1S/C10H12OS/c1-8-4-5-10(11)9(7-8)3-2-6-12/h2-5,7,11-12H,6H2,1H3. The van der Waals surface area contributed by atoms with Crippen LogP contribution in [-0.2, 0) is 0 Å². The average Bonchev–Trinajstić information content (AvgIpc) is 2.07. The summed E-state index contributed by atoms with van der Waals surface area (Å²) in [5.74, 6) is 1.01. The molecule has 64 valence electrons. The van der Waals surface area contributed by atoms with Crippen LogP contribution in [0.3, 0.4) is 0 Å². The number of hydrogen-bond acceptors (Lipinski definition) is 2. The van der Waals surface area contributed by atoms with E-state index in [1.165, 1.54) is 0 Å². The second kappa shape index (κ2) is 4.21. The normalized spacial score (nSPS) is 10.8. The van der Waals surface area contributed by atoms with Crippen LogP contribution in [0.4, 0.5) is 0 Å². The molecular formula is C10H12OS. The zero-order chi connectivity index (χ0) is 8.97. The van der Waals surface area contributed by atoms with E-state index in [1.807, 2.05) is 31.2 Å². The van der Waals surface area contributed by atoms with Gasteiger partial charge in [0.15, 0.2) is 0 Å². The Balaban J connectivity index is 2.97. The molecule has 12 heavy (non-hydrogen) atoms. The lowest BCUT2D eigenvalue weighted by atomic mass is 10.1. The van der Waals surface area contributed by atoms with Crippen molar-refractivity contribution in [3.05, 3.63) is 35.4 Å². The molecule has 0 spiro atoms. The number of thiol groups is 1. The number of hydrogen-bond donors (Lipinski definition) is 2. The predicted octanol–water partition coefficient (Wildman–Crippen LogP) is 2.64. The topological polar surface area (TPSA) is 20.2 Å². The molecule has 0 amide bonds. The van der Waals surface area contributed by atoms with Gasteiger partial charge in [0.2, 0.25) is 0 Å². The monoisotopic (exact) mass is 180 g/mol. The van der Waals surface area contributed by atoms with Crippen molar-refractivity contribution in [2.75, 3.05) is 5.75 Å². The van der Waals surface area contributed by atoms with Gasteiger partial charge in [0.25, 0.3) is 0 Å². The lowest BCUT2D eigenvalue weighted by molar-refractivity contribution is 0.474. The quantitative estimate of drug-likeness (QED) is 0.670. The molecule has 0 saturated heterocycles. The number of rotatable bonds is 2. The number of phenolic OH excluding ortho intramolecular Hbond substituents is 1. The van der Waals surface area contributed by atoms with Gasteiger partial charge < -0.3 is 5.11 Å². The summed E-state index contributed by atoms with van der Waals surface area (Å²) in [6.07, 6.45) is 3.77. The molecule has 1 aromatic carbocycles. The Kier molecular flexibility index (Phi) is 3.23. The van der Waals surface area contributed by atoms with Crippen LogP contribution < -0.4 is 0 Å². The van der Waals surface area contributed by atoms with Gasteiger partial charge in [-0.2, -0.15) is 12.6 Å². The van der Waals surface area contributed by atoms with Crippen molar-refractivity contribution in [2.45, 2.75) is 6.92 Å². The van der Waals surface area contributed by atoms with Gasteiger partial charge in [-0.3, -0.25) is 0 Å². The first kappa shape index (κ1) is 9.20. The van der Waals surface area contributed by atoms with Gasteiger partial charge in [-0.25, -0.2) is 0 Å². The smallest absolute Gasteiger partial charge is 0.122 e. The van der Waals surface area contributed by atoms with E-state index in [4.69, 9.17) is 0 Å². The van der Waals surface area contributed by atoms with Crippen molar-refractivity contribution in [3.8, 4) is 5.75 Å². The molecule has 0 fully saturated rings. The average molecular weight is 180 g/mol. The lowest BCUT2D eigenvalue weighted by Crippen LogP contribution is -1.77. The van der Waals surface area contributed by atoms with E-state index in [2.05, 4.69) is 12.6 Å². The van der Waals surface area contributed by atoms with Crippen molar-refractivity contribution in [1.82, 2.24) is 0 Å². The summed E-state index contributed by atoms with van der Waals surface area (Å²) in [5, 5.41) is 9.39. The minimum Gasteiger partial charge on any atom is -0.507 e. The molecule has 0 aromatic heterocycles. The van der Waals surface area contributed by atoms with Crippen LogP contribution in [0.5, 0.6) is 5.75 Å². The van der Waals surface area contributed by atoms with Crippen LogP contribution in [0.1, 0.15) is 11.1 Å². The molecule has 0 radical (unpaired) electrons. The van der Waals surface area contributed by atoms with Crippen LogP contribution in [0.15, 0.2) is 24.3 Å². The van der Waals surface area contributed by atoms with Crippen molar-refractivity contribution < 1.29 is 5.11 Å². The Morgan fingerprint density at radius 1 is 1.50 bits per heavy atom. The number of aryl methyl sites for hydroxylation is 1. The maximum Gasteiger partial charge on any atom is 0.122 e. The summed E-state index contributed by atoms with van der Waals surface area (Å²) < 4.78 is 0. The Bertz CT molecular complexity index is 292. The van der Waals surface area contributed by atoms with Crippen LogP contribution in [0.2, 0.25) is 0 Å². The first-order chi connectivity index (χ1) is 5.74. The van der Waals surface area contributed by atoms with Crippen molar-refractivity contribution in [3.63, 3.8) is 0 Å². The van der Waals surface area contributed by atoms with E-state index >= 15 is 0 Å². The van der Waals surface area contributed by atoms with E-state index in [0.717, 1.165) is 11.1 Å². The second-order valence-electron chi connectivity index (χ2n) is 2.65. The van der Waals surface area contributed by atoms with Gasteiger partial charge >= 0.3 is 0 Å². The van der Waals surface area contributed by atoms with Crippen molar-refractivity contribution in [2.24, 2.45) is 0 Å². The van der Waals surface area contributed by atoms with Crippen molar-refractivity contribution >= 4 is 18.7 Å². The highest BCUT2D eigenvalue weighted by molar-refractivity contribution is 7.80. The van der Waals surface area contributed by atoms with Crippen LogP contribution in [0, 0.1) is 6.92 Å². The molecule has 1 nitrogen and oxygen atoms in total. The fourth-order valence-corrected chi connectivity index (χ4v) is 1.09. The Morgan fingerprint density at radius 2 is 2.25 bits per heavy atom. The summed E-state index contributed by atoms with van der Waals surface area (Å²) >= 11 is 4.04. The molecule has 0 aliphatic carbocycles. The molecule has 0 aliphatic rings. The summed E-state index contributed by atoms with van der Waals surface area (Å²) in [7, 11) is 0. The third-order valence-electron chi connectivity index (χ3n) is 1.59. The first-order valence-electron chi connectivity index (χ1n) is 3.81. The molecule has 0 bridgehead atoms. The Morgan fingerprint density at radius 3 is 2.92 bits per heavy atom. The highest BCUT2D eigenvalue weighted by Gasteiger charge is 1.95. The Hall–Kier alpha value is -0.890. The third-order valence-corrected chi connectivity index (χ3v) is 1.80. The van der Waals surface area contributed by atoms with Gasteiger partial charge in [-0.1, -0.05) is 23.8 Å². The minimum atomic E-state index is 0.318. The van der Waals surface area contributed by atoms with Gasteiger partial charge in [-0.15, -0.1) is 0 Å². The molecule has 0 aliphatic heterocycles. The van der Waals surface area contributed by atoms with E-state index < -0.39 is 0 Å². The molecule has 1 aromatic rings. The third kappa shape index (κ3) is 2.31. The lowest BCUT2D eigenvalue weighted by Gasteiger charge is -1.99. The SMILES string of the molecule is Cc1ccc(O)c(C=CCS)c1. The highest BCUT2D eigenvalue weighted by atomic mass is 32.1. The molecule has 1 N–H and O–H groups in total. The number of aromatic hydroxyl groups is 1. The van der Waals surface area contributed by atoms with Crippen LogP contribution >= 0.6 is 12.6 Å². The van der Waals surface area contributed by atoms with E-state index in [-0.39, 0.29) is 0 Å². The molecule has 0 saturated carbocycles. The largest absolute Gasteiger partial charge is 0.507 e. The molecule has 0 unspecified atom stereocenters. The van der Waals surface area contributed by atoms with E-state index in [0.29, 0.717) is 11.5 Å². The molecular weight excluding hydrogens is 168 g/mol. The first-order valence-corrected chi connectivity index (χ1v) is 4.44. The van der Waals surface area contributed by atoms with E-state index in [9.17, 15) is 5.11 Å². The molecule has 0 atom stereocenters. The minimum absolute atomic E-state index is 0.318. The molecule has 2 heteroatoms. The fraction of sp³-hybridized carbons (Fsp3) is 0.200. The van der Waals surface area contributed by atoms with E-state index in [1.54, 1.807) is 6.07 Å². The summed E-state index contributed by atoms with van der Waals surface area (Å²) in [5.41, 5.74) is 2.00. The van der Waals surface area contributed by atoms with Crippen LogP contribution in [0.25, 0.3) is 6.08 Å². The maximum atomic E-state index is 9.39. The summed E-state index contributed by atoms with van der Waals surface area (Å²) in [6, 6.07) is 5.52. The van der Waals surface area contributed by atoms with Crippen LogP contribution in [-0.4, -0.2) is 10.9 Å². The predicted molar refractivity (Wildman–Crippen MR) is 55.7 cm³/mol. The number of benzene rings is 1. The van der Waals surface area contributed by atoms with Gasteiger partial charge in [0.1, 0.15) is 5.75 Å². The molecule has 0 heterocycles. The van der Waals surface area contributed by atoms with Crippen molar-refractivity contribution in [1.29, 1.82) is 0 Å². The maximum absolute atomic E-state index is 9.39. The summed E-state index contributed by atoms with van der Waals surface area (Å²) in [4.78, 5) is 0. The Labute approximate surface area is 78.2 Å². The van der Waals surface area contributed by atoms with Gasteiger partial charge in [-0.05, 0) is 19.1 Å². The fourth-order valence-electron chi connectivity index (χ4n) is 0.987. The molecule has 1 rings (SSSR count). The zero-order valence-electron chi connectivity index (χ0n) is 6.99. The highest BCUT2D eigenvalue weighted by Crippen LogP contribution is 2.19. The van der Waals surface area contributed by atoms with Gasteiger partial charge in [0, 0.05) is 11.3 Å². The number of phenols is 1. The summed E-state index contributed by atoms with van der Waals surface area (Å²) in [6.45, 7) is 2.00. The second-order valence-corrected chi connectivity index (χ2v) is 3.01.